The molecular weight excluding hydrogens is 138 g/mol. The van der Waals surface area contributed by atoms with Crippen LogP contribution in [-0.4, -0.2) is 12.3 Å². The van der Waals surface area contributed by atoms with E-state index in [2.05, 4.69) is 5.92 Å². The second-order valence-corrected chi connectivity index (χ2v) is 3.04. The van der Waals surface area contributed by atoms with Crippen molar-refractivity contribution in [2.45, 2.75) is 19.3 Å². The average Bonchev–Trinajstić information content (AvgIpc) is 1.94. The van der Waals surface area contributed by atoms with Crippen molar-refractivity contribution >= 4 is 5.78 Å². The van der Waals surface area contributed by atoms with E-state index in [0.29, 0.717) is 12.5 Å². The first-order valence-corrected chi connectivity index (χ1v) is 4.00. The molecule has 60 valence electrons. The molecule has 0 aromatic heterocycles. The van der Waals surface area contributed by atoms with Crippen LogP contribution in [0.5, 0.6) is 0 Å². The molecule has 1 aliphatic carbocycles. The summed E-state index contributed by atoms with van der Waals surface area (Å²) in [7, 11) is 0. The normalized spacial score (nSPS) is 20.0. The van der Waals surface area contributed by atoms with Gasteiger partial charge in [-0.1, -0.05) is 6.42 Å². The van der Waals surface area contributed by atoms with E-state index in [-0.39, 0.29) is 11.7 Å². The summed E-state index contributed by atoms with van der Waals surface area (Å²) in [5.74, 6) is 2.45. The Bertz CT molecular complexity index is 188. The molecule has 0 radical (unpaired) electrons. The first-order chi connectivity index (χ1) is 5.29. The maximum absolute atomic E-state index is 11.1. The highest BCUT2D eigenvalue weighted by atomic mass is 16.1. The maximum Gasteiger partial charge on any atom is 0.209 e. The summed E-state index contributed by atoms with van der Waals surface area (Å²) in [4.78, 5) is 11.1. The first-order valence-electron chi connectivity index (χ1n) is 4.00. The van der Waals surface area contributed by atoms with E-state index in [9.17, 15) is 4.79 Å². The van der Waals surface area contributed by atoms with Crippen LogP contribution in [0.15, 0.2) is 0 Å². The van der Waals surface area contributed by atoms with Crippen LogP contribution in [0.2, 0.25) is 0 Å². The van der Waals surface area contributed by atoms with Gasteiger partial charge in [0.15, 0.2) is 0 Å². The van der Waals surface area contributed by atoms with Crippen LogP contribution < -0.4 is 5.73 Å². The molecule has 2 N–H and O–H groups in total. The molecule has 1 saturated carbocycles. The van der Waals surface area contributed by atoms with Gasteiger partial charge in [-0.15, -0.1) is 6.42 Å². The van der Waals surface area contributed by atoms with Crippen molar-refractivity contribution in [2.75, 3.05) is 6.54 Å². The van der Waals surface area contributed by atoms with E-state index in [1.165, 1.54) is 6.42 Å². The van der Waals surface area contributed by atoms with Crippen LogP contribution in [0.25, 0.3) is 0 Å². The largest absolute Gasteiger partial charge is 0.330 e. The van der Waals surface area contributed by atoms with E-state index in [1.54, 1.807) is 0 Å². The fourth-order valence-electron chi connectivity index (χ4n) is 1.46. The lowest BCUT2D eigenvalue weighted by Gasteiger charge is -2.30. The second kappa shape index (κ2) is 3.54. The topological polar surface area (TPSA) is 43.1 Å². The van der Waals surface area contributed by atoms with Crippen molar-refractivity contribution in [2.24, 2.45) is 17.6 Å². The Balaban J connectivity index is 2.49. The predicted molar refractivity (Wildman–Crippen MR) is 43.7 cm³/mol. The Kier molecular flexibility index (Phi) is 2.67. The summed E-state index contributed by atoms with van der Waals surface area (Å²) >= 11 is 0. The first kappa shape index (κ1) is 8.29. The number of Topliss-reactive ketones (excluding diaryl/α,β-unsaturated/α-hetero) is 1. The van der Waals surface area contributed by atoms with Gasteiger partial charge >= 0.3 is 0 Å². The minimum atomic E-state index is -0.114. The number of ketones is 1. The van der Waals surface area contributed by atoms with Crippen LogP contribution in [0, 0.1) is 24.2 Å². The summed E-state index contributed by atoms with van der Waals surface area (Å²) in [6, 6.07) is 0. The van der Waals surface area contributed by atoms with E-state index in [1.807, 2.05) is 0 Å². The summed E-state index contributed by atoms with van der Waals surface area (Å²) in [6.07, 6.45) is 8.47. The lowest BCUT2D eigenvalue weighted by Crippen LogP contribution is -2.33. The third-order valence-electron chi connectivity index (χ3n) is 2.45. The molecule has 11 heavy (non-hydrogen) atoms. The van der Waals surface area contributed by atoms with Crippen molar-refractivity contribution in [3.05, 3.63) is 0 Å². The van der Waals surface area contributed by atoms with Gasteiger partial charge in [-0.3, -0.25) is 4.79 Å². The number of rotatable bonds is 3. The summed E-state index contributed by atoms with van der Waals surface area (Å²) in [5, 5.41) is 0. The molecule has 1 atom stereocenters. The quantitative estimate of drug-likeness (QED) is 0.473. The zero-order valence-electron chi connectivity index (χ0n) is 6.55. The Morgan fingerprint density at radius 2 is 2.36 bits per heavy atom. The molecule has 2 heteroatoms. The minimum Gasteiger partial charge on any atom is -0.330 e. The molecule has 0 bridgehead atoms. The van der Waals surface area contributed by atoms with Gasteiger partial charge in [0.25, 0.3) is 0 Å². The lowest BCUT2D eigenvalue weighted by atomic mass is 9.74. The molecule has 0 aromatic rings. The molecule has 1 rings (SSSR count). The smallest absolute Gasteiger partial charge is 0.209 e. The summed E-state index contributed by atoms with van der Waals surface area (Å²) < 4.78 is 0. The highest BCUT2D eigenvalue weighted by Gasteiger charge is 2.30. The third-order valence-corrected chi connectivity index (χ3v) is 2.45. The van der Waals surface area contributed by atoms with E-state index in [4.69, 9.17) is 12.2 Å². The maximum atomic E-state index is 11.1. The molecule has 1 fully saturated rings. The number of carbonyl (C=O) groups is 1. The molecule has 0 aromatic carbocycles. The number of nitrogens with two attached hydrogens (primary N) is 1. The number of hydrogen-bond acceptors (Lipinski definition) is 2. The van der Waals surface area contributed by atoms with Gasteiger partial charge in [0, 0.05) is 12.5 Å². The zero-order chi connectivity index (χ0) is 8.27. The Morgan fingerprint density at radius 3 is 2.64 bits per heavy atom. The van der Waals surface area contributed by atoms with Gasteiger partial charge in [0.1, 0.15) is 0 Å². The monoisotopic (exact) mass is 151 g/mol. The molecule has 0 saturated heterocycles. The SMILES string of the molecule is C#CC(=O)C(CN)C1CCC1. The van der Waals surface area contributed by atoms with Crippen molar-refractivity contribution in [3.8, 4) is 12.3 Å². The molecule has 0 heterocycles. The zero-order valence-corrected chi connectivity index (χ0v) is 6.55. The van der Waals surface area contributed by atoms with Gasteiger partial charge in [-0.25, -0.2) is 0 Å². The lowest BCUT2D eigenvalue weighted by molar-refractivity contribution is -0.119. The minimum absolute atomic E-state index is 0.0613. The van der Waals surface area contributed by atoms with Crippen LogP contribution in [0.4, 0.5) is 0 Å². The molecule has 2 nitrogen and oxygen atoms in total. The average molecular weight is 151 g/mol. The Morgan fingerprint density at radius 1 is 1.73 bits per heavy atom. The summed E-state index contributed by atoms with van der Waals surface area (Å²) in [5.41, 5.74) is 5.44. The molecular formula is C9H13NO. The highest BCUT2D eigenvalue weighted by molar-refractivity contribution is 5.97. The fraction of sp³-hybridized carbons (Fsp3) is 0.667. The van der Waals surface area contributed by atoms with Crippen LogP contribution in [0.1, 0.15) is 19.3 Å². The van der Waals surface area contributed by atoms with Crippen LogP contribution in [-0.2, 0) is 4.79 Å². The van der Waals surface area contributed by atoms with Gasteiger partial charge in [-0.2, -0.15) is 0 Å². The third kappa shape index (κ3) is 1.61. The predicted octanol–water partition coefficient (Wildman–Crippen LogP) is 0.564. The standard InChI is InChI=1S/C9H13NO/c1-2-9(11)8(6-10)7-4-3-5-7/h1,7-8H,3-6,10H2. The van der Waals surface area contributed by atoms with Crippen molar-refractivity contribution < 1.29 is 4.79 Å². The van der Waals surface area contributed by atoms with E-state index >= 15 is 0 Å². The summed E-state index contributed by atoms with van der Waals surface area (Å²) in [6.45, 7) is 0.410. The number of hydrogen-bond donors (Lipinski definition) is 1. The molecule has 0 aliphatic heterocycles. The van der Waals surface area contributed by atoms with Gasteiger partial charge in [0.2, 0.25) is 5.78 Å². The van der Waals surface area contributed by atoms with E-state index < -0.39 is 0 Å². The van der Waals surface area contributed by atoms with Crippen molar-refractivity contribution in [3.63, 3.8) is 0 Å². The number of carbonyl (C=O) groups excluding carboxylic acids is 1. The van der Waals surface area contributed by atoms with Gasteiger partial charge in [-0.05, 0) is 24.7 Å². The fourth-order valence-corrected chi connectivity index (χ4v) is 1.46. The Hall–Kier alpha value is -0.810. The molecule has 0 spiro atoms. The second-order valence-electron chi connectivity index (χ2n) is 3.04. The van der Waals surface area contributed by atoms with Crippen LogP contribution >= 0.6 is 0 Å². The highest BCUT2D eigenvalue weighted by Crippen LogP contribution is 2.33. The van der Waals surface area contributed by atoms with Crippen molar-refractivity contribution in [1.82, 2.24) is 0 Å². The molecule has 1 unspecified atom stereocenters. The van der Waals surface area contributed by atoms with Gasteiger partial charge in [0.05, 0.1) is 0 Å². The Labute approximate surface area is 67.2 Å². The molecule has 0 amide bonds. The van der Waals surface area contributed by atoms with E-state index in [0.717, 1.165) is 12.8 Å². The van der Waals surface area contributed by atoms with Gasteiger partial charge < -0.3 is 5.73 Å². The van der Waals surface area contributed by atoms with Crippen molar-refractivity contribution in [1.29, 1.82) is 0 Å². The van der Waals surface area contributed by atoms with Crippen LogP contribution in [0.3, 0.4) is 0 Å². The number of terminal acetylenes is 1. The molecule has 1 aliphatic rings.